The van der Waals surface area contributed by atoms with Gasteiger partial charge in [-0.3, -0.25) is 4.79 Å². The molecule has 16 heavy (non-hydrogen) atoms. The number of nitrogens with zero attached hydrogens (tertiary/aromatic N) is 2. The summed E-state index contributed by atoms with van der Waals surface area (Å²) >= 11 is 1.42. The summed E-state index contributed by atoms with van der Waals surface area (Å²) in [6, 6.07) is 0. The molecule has 0 aliphatic heterocycles. The average Bonchev–Trinajstić information content (AvgIpc) is 2.61. The van der Waals surface area contributed by atoms with Crippen LogP contribution in [0.5, 0.6) is 0 Å². The summed E-state index contributed by atoms with van der Waals surface area (Å²) in [6.45, 7) is 2.09. The van der Waals surface area contributed by atoms with Crippen molar-refractivity contribution in [3.05, 3.63) is 12.4 Å². The molecule has 1 unspecified atom stereocenters. The second kappa shape index (κ2) is 6.55. The van der Waals surface area contributed by atoms with Crippen LogP contribution in [0.2, 0.25) is 0 Å². The van der Waals surface area contributed by atoms with Crippen LogP contribution in [0, 0.1) is 0 Å². The van der Waals surface area contributed by atoms with Gasteiger partial charge in [-0.25, -0.2) is 4.98 Å². The molecule has 0 aliphatic carbocycles. The zero-order valence-electron chi connectivity index (χ0n) is 9.42. The molecule has 0 saturated carbocycles. The third-order valence-electron chi connectivity index (χ3n) is 1.89. The van der Waals surface area contributed by atoms with E-state index in [1.165, 1.54) is 11.8 Å². The lowest BCUT2D eigenvalue weighted by atomic mass is 10.3. The molecule has 5 nitrogen and oxygen atoms in total. The van der Waals surface area contributed by atoms with E-state index in [-0.39, 0.29) is 12.4 Å². The standard InChI is InChI=1S/C10H16N2O3S/c1-3-15-9(14)6-8(13)7-16-10-11-4-5-12(10)2/h4-5,8,13H,3,6-7H2,1-2H3. The van der Waals surface area contributed by atoms with Crippen LogP contribution in [0.1, 0.15) is 13.3 Å². The highest BCUT2D eigenvalue weighted by Gasteiger charge is 2.13. The first-order chi connectivity index (χ1) is 7.63. The summed E-state index contributed by atoms with van der Waals surface area (Å²) in [5.41, 5.74) is 0. The molecule has 0 aliphatic rings. The quantitative estimate of drug-likeness (QED) is 0.593. The first-order valence-electron chi connectivity index (χ1n) is 5.07. The highest BCUT2D eigenvalue weighted by atomic mass is 32.2. The number of carbonyl (C=O) groups is 1. The van der Waals surface area contributed by atoms with Crippen molar-refractivity contribution in [3.8, 4) is 0 Å². The molecule has 1 atom stereocenters. The third-order valence-corrected chi connectivity index (χ3v) is 3.09. The minimum atomic E-state index is -0.694. The smallest absolute Gasteiger partial charge is 0.308 e. The fraction of sp³-hybridized carbons (Fsp3) is 0.600. The maximum absolute atomic E-state index is 11.1. The Morgan fingerprint density at radius 2 is 2.50 bits per heavy atom. The largest absolute Gasteiger partial charge is 0.466 e. The molecule has 1 aromatic rings. The number of hydrogen-bond donors (Lipinski definition) is 1. The Balaban J connectivity index is 2.27. The van der Waals surface area contributed by atoms with Crippen molar-refractivity contribution < 1.29 is 14.6 Å². The molecule has 0 fully saturated rings. The molecule has 1 aromatic heterocycles. The summed E-state index contributed by atoms with van der Waals surface area (Å²) in [7, 11) is 1.88. The van der Waals surface area contributed by atoms with Gasteiger partial charge in [0.15, 0.2) is 5.16 Å². The lowest BCUT2D eigenvalue weighted by Crippen LogP contribution is -2.18. The Bertz CT molecular complexity index is 341. The number of aliphatic hydroxyl groups is 1. The van der Waals surface area contributed by atoms with Gasteiger partial charge in [-0.15, -0.1) is 0 Å². The molecule has 90 valence electrons. The van der Waals surface area contributed by atoms with Crippen molar-refractivity contribution in [2.24, 2.45) is 7.05 Å². The molecule has 0 radical (unpaired) electrons. The Labute approximate surface area is 98.8 Å². The molecule has 0 aromatic carbocycles. The van der Waals surface area contributed by atoms with Crippen LogP contribution in [0.3, 0.4) is 0 Å². The van der Waals surface area contributed by atoms with Gasteiger partial charge in [0.05, 0.1) is 19.1 Å². The fourth-order valence-corrected chi connectivity index (χ4v) is 1.99. The first-order valence-corrected chi connectivity index (χ1v) is 6.05. The van der Waals surface area contributed by atoms with Crippen molar-refractivity contribution in [2.45, 2.75) is 24.6 Å². The number of ether oxygens (including phenoxy) is 1. The number of hydrogen-bond acceptors (Lipinski definition) is 5. The Morgan fingerprint density at radius 3 is 3.06 bits per heavy atom. The zero-order chi connectivity index (χ0) is 12.0. The Kier molecular flexibility index (Phi) is 5.34. The molecule has 1 N–H and O–H groups in total. The van der Waals surface area contributed by atoms with Gasteiger partial charge in [0.25, 0.3) is 0 Å². The number of carbonyl (C=O) groups excluding carboxylic acids is 1. The SMILES string of the molecule is CCOC(=O)CC(O)CSc1nccn1C. The van der Waals surface area contributed by atoms with E-state index in [2.05, 4.69) is 4.98 Å². The van der Waals surface area contributed by atoms with E-state index in [4.69, 9.17) is 4.74 Å². The number of esters is 1. The van der Waals surface area contributed by atoms with Crippen LogP contribution in [-0.4, -0.2) is 39.1 Å². The van der Waals surface area contributed by atoms with E-state index in [0.717, 1.165) is 5.16 Å². The monoisotopic (exact) mass is 244 g/mol. The summed E-state index contributed by atoms with van der Waals surface area (Å²) in [5.74, 6) is 0.0689. The number of thioether (sulfide) groups is 1. The van der Waals surface area contributed by atoms with Crippen LogP contribution in [-0.2, 0) is 16.6 Å². The molecule has 0 spiro atoms. The second-order valence-electron chi connectivity index (χ2n) is 3.29. The zero-order valence-corrected chi connectivity index (χ0v) is 10.2. The van der Waals surface area contributed by atoms with Crippen molar-refractivity contribution in [1.82, 2.24) is 9.55 Å². The summed E-state index contributed by atoms with van der Waals surface area (Å²) in [6.07, 6.45) is 2.87. The highest BCUT2D eigenvalue weighted by Crippen LogP contribution is 2.16. The van der Waals surface area contributed by atoms with Crippen molar-refractivity contribution in [2.75, 3.05) is 12.4 Å². The van der Waals surface area contributed by atoms with E-state index in [0.29, 0.717) is 12.4 Å². The van der Waals surface area contributed by atoms with Gasteiger partial charge >= 0.3 is 5.97 Å². The summed E-state index contributed by atoms with van der Waals surface area (Å²) in [5, 5.41) is 10.4. The summed E-state index contributed by atoms with van der Waals surface area (Å²) < 4.78 is 6.61. The van der Waals surface area contributed by atoms with Gasteiger partial charge in [-0.05, 0) is 6.92 Å². The normalized spacial score (nSPS) is 12.4. The van der Waals surface area contributed by atoms with Gasteiger partial charge in [0, 0.05) is 25.2 Å². The first kappa shape index (κ1) is 13.1. The van der Waals surface area contributed by atoms with Crippen LogP contribution >= 0.6 is 11.8 Å². The van der Waals surface area contributed by atoms with E-state index >= 15 is 0 Å². The van der Waals surface area contributed by atoms with E-state index in [9.17, 15) is 9.90 Å². The molecule has 1 rings (SSSR count). The van der Waals surface area contributed by atoms with Gasteiger partial charge < -0.3 is 14.4 Å². The highest BCUT2D eigenvalue weighted by molar-refractivity contribution is 7.99. The molecule has 0 bridgehead atoms. The molecule has 1 heterocycles. The molecule has 6 heteroatoms. The predicted octanol–water partition coefficient (Wildman–Crippen LogP) is 0.826. The molecular formula is C10H16N2O3S. The van der Waals surface area contributed by atoms with Crippen LogP contribution in [0.25, 0.3) is 0 Å². The van der Waals surface area contributed by atoms with Crippen LogP contribution in [0.4, 0.5) is 0 Å². The molecular weight excluding hydrogens is 228 g/mol. The Hall–Kier alpha value is -1.01. The van der Waals surface area contributed by atoms with E-state index in [1.54, 1.807) is 13.1 Å². The molecule has 0 saturated heterocycles. The summed E-state index contributed by atoms with van der Waals surface area (Å²) in [4.78, 5) is 15.2. The van der Waals surface area contributed by atoms with Crippen molar-refractivity contribution in [3.63, 3.8) is 0 Å². The number of rotatable bonds is 6. The lowest BCUT2D eigenvalue weighted by molar-refractivity contribution is -0.144. The van der Waals surface area contributed by atoms with E-state index < -0.39 is 6.10 Å². The van der Waals surface area contributed by atoms with Gasteiger partial charge in [0.1, 0.15) is 0 Å². The number of imidazole rings is 1. The van der Waals surface area contributed by atoms with Gasteiger partial charge in [0.2, 0.25) is 0 Å². The van der Waals surface area contributed by atoms with Crippen LogP contribution in [0.15, 0.2) is 17.6 Å². The van der Waals surface area contributed by atoms with Gasteiger partial charge in [-0.1, -0.05) is 11.8 Å². The number of aliphatic hydroxyl groups excluding tert-OH is 1. The average molecular weight is 244 g/mol. The maximum atomic E-state index is 11.1. The van der Waals surface area contributed by atoms with Gasteiger partial charge in [-0.2, -0.15) is 0 Å². The Morgan fingerprint density at radius 1 is 1.75 bits per heavy atom. The van der Waals surface area contributed by atoms with E-state index in [1.807, 2.05) is 17.8 Å². The maximum Gasteiger partial charge on any atom is 0.308 e. The molecule has 0 amide bonds. The van der Waals surface area contributed by atoms with Crippen molar-refractivity contribution in [1.29, 1.82) is 0 Å². The minimum Gasteiger partial charge on any atom is -0.466 e. The third kappa shape index (κ3) is 4.24. The van der Waals surface area contributed by atoms with Crippen LogP contribution < -0.4 is 0 Å². The second-order valence-corrected chi connectivity index (χ2v) is 4.28. The number of aryl methyl sites for hydroxylation is 1. The fourth-order valence-electron chi connectivity index (χ4n) is 1.13. The number of aromatic nitrogens is 2. The lowest BCUT2D eigenvalue weighted by Gasteiger charge is -2.09. The predicted molar refractivity (Wildman–Crippen MR) is 61.2 cm³/mol. The minimum absolute atomic E-state index is 0.0330. The topological polar surface area (TPSA) is 64.3 Å². The van der Waals surface area contributed by atoms with Crippen molar-refractivity contribution >= 4 is 17.7 Å².